The van der Waals surface area contributed by atoms with Crippen molar-refractivity contribution in [3.63, 3.8) is 0 Å². The van der Waals surface area contributed by atoms with Crippen molar-refractivity contribution in [1.82, 2.24) is 10.2 Å². The quantitative estimate of drug-likeness (QED) is 0.446. The van der Waals surface area contributed by atoms with Crippen molar-refractivity contribution in [3.8, 4) is 0 Å². The van der Waals surface area contributed by atoms with E-state index in [1.54, 1.807) is 31.2 Å². The standard InChI is InChI=1S/C25H33ClFN3O4S/c1-5-18(2)28-25(32)19(3)29(17-20-8-10-21(26)11-9-20)24(31)7-6-16-30(35(4,33)34)23-14-12-22(27)13-15-23/h8-15,18-19H,5-7,16-17H2,1-4H3,(H,28,32)/t18-,19+/m1/s1. The van der Waals surface area contributed by atoms with Crippen LogP contribution in [0.2, 0.25) is 5.02 Å². The SMILES string of the molecule is CC[C@@H](C)NC(=O)[C@H](C)N(Cc1ccc(Cl)cc1)C(=O)CCCN(c1ccc(F)cc1)S(C)(=O)=O. The lowest BCUT2D eigenvalue weighted by atomic mass is 10.1. The molecule has 0 heterocycles. The van der Waals surface area contributed by atoms with Crippen molar-refractivity contribution >= 4 is 39.1 Å². The predicted molar refractivity (Wildman–Crippen MR) is 137 cm³/mol. The smallest absolute Gasteiger partial charge is 0.242 e. The minimum Gasteiger partial charge on any atom is -0.352 e. The molecule has 0 spiro atoms. The van der Waals surface area contributed by atoms with Crippen LogP contribution < -0.4 is 9.62 Å². The number of halogens is 2. The maximum Gasteiger partial charge on any atom is 0.242 e. The highest BCUT2D eigenvalue weighted by atomic mass is 35.5. The first-order chi connectivity index (χ1) is 16.4. The second-order valence-corrected chi connectivity index (χ2v) is 10.9. The average molecular weight is 526 g/mol. The van der Waals surface area contributed by atoms with Crippen LogP contribution in [0, 0.1) is 5.82 Å². The van der Waals surface area contributed by atoms with Crippen LogP contribution in [-0.4, -0.2) is 50.0 Å². The van der Waals surface area contributed by atoms with Crippen molar-refractivity contribution in [2.24, 2.45) is 0 Å². The molecule has 0 bridgehead atoms. The Morgan fingerprint density at radius 1 is 1.06 bits per heavy atom. The molecule has 2 atom stereocenters. The number of carbonyl (C=O) groups excluding carboxylic acids is 2. The van der Waals surface area contributed by atoms with E-state index in [0.717, 1.165) is 22.5 Å². The minimum absolute atomic E-state index is 0.0295. The van der Waals surface area contributed by atoms with Crippen LogP contribution >= 0.6 is 11.6 Å². The number of amides is 2. The lowest BCUT2D eigenvalue weighted by molar-refractivity contribution is -0.140. The Bertz CT molecular complexity index is 1090. The van der Waals surface area contributed by atoms with Crippen molar-refractivity contribution in [3.05, 3.63) is 64.9 Å². The molecule has 10 heteroatoms. The van der Waals surface area contributed by atoms with E-state index < -0.39 is 21.9 Å². The molecule has 7 nitrogen and oxygen atoms in total. The Balaban J connectivity index is 2.15. The summed E-state index contributed by atoms with van der Waals surface area (Å²) in [7, 11) is -3.64. The normalized spacial score (nSPS) is 13.1. The van der Waals surface area contributed by atoms with E-state index in [1.165, 1.54) is 29.2 Å². The van der Waals surface area contributed by atoms with Gasteiger partial charge in [-0.3, -0.25) is 13.9 Å². The number of nitrogens with one attached hydrogen (secondary N) is 1. The summed E-state index contributed by atoms with van der Waals surface area (Å²) in [4.78, 5) is 27.5. The van der Waals surface area contributed by atoms with Crippen LogP contribution in [-0.2, 0) is 26.2 Å². The largest absolute Gasteiger partial charge is 0.352 e. The van der Waals surface area contributed by atoms with E-state index in [0.29, 0.717) is 10.7 Å². The lowest BCUT2D eigenvalue weighted by Crippen LogP contribution is -2.49. The van der Waals surface area contributed by atoms with Gasteiger partial charge in [-0.1, -0.05) is 30.7 Å². The summed E-state index contributed by atoms with van der Waals surface area (Å²) in [5.74, 6) is -1.01. The second kappa shape index (κ2) is 12.9. The Morgan fingerprint density at radius 3 is 2.20 bits per heavy atom. The molecule has 2 aromatic carbocycles. The summed E-state index contributed by atoms with van der Waals surface area (Å²) < 4.78 is 39.0. The lowest BCUT2D eigenvalue weighted by Gasteiger charge is -2.30. The zero-order valence-electron chi connectivity index (χ0n) is 20.5. The summed E-state index contributed by atoms with van der Waals surface area (Å²) in [5, 5.41) is 3.47. The van der Waals surface area contributed by atoms with Crippen LogP contribution in [0.15, 0.2) is 48.5 Å². The predicted octanol–water partition coefficient (Wildman–Crippen LogP) is 4.36. The van der Waals surface area contributed by atoms with Gasteiger partial charge in [0, 0.05) is 30.6 Å². The maximum atomic E-state index is 13.3. The third-order valence-corrected chi connectivity index (χ3v) is 7.15. The van der Waals surface area contributed by atoms with Crippen LogP contribution in [0.25, 0.3) is 0 Å². The van der Waals surface area contributed by atoms with Gasteiger partial charge in [-0.15, -0.1) is 0 Å². The Hall–Kier alpha value is -2.65. The number of sulfonamides is 1. The fourth-order valence-electron chi connectivity index (χ4n) is 3.45. The number of benzene rings is 2. The van der Waals surface area contributed by atoms with E-state index >= 15 is 0 Å². The van der Waals surface area contributed by atoms with Gasteiger partial charge in [-0.05, 0) is 68.7 Å². The molecule has 0 aliphatic carbocycles. The van der Waals surface area contributed by atoms with Gasteiger partial charge < -0.3 is 10.2 Å². The molecule has 1 N–H and O–H groups in total. The molecule has 0 aromatic heterocycles. The van der Waals surface area contributed by atoms with E-state index in [9.17, 15) is 22.4 Å². The van der Waals surface area contributed by atoms with Crippen LogP contribution in [0.1, 0.15) is 45.6 Å². The molecule has 192 valence electrons. The van der Waals surface area contributed by atoms with Gasteiger partial charge in [0.25, 0.3) is 0 Å². The van der Waals surface area contributed by atoms with Crippen LogP contribution in [0.3, 0.4) is 0 Å². The number of hydrogen-bond donors (Lipinski definition) is 1. The van der Waals surface area contributed by atoms with E-state index in [-0.39, 0.29) is 43.8 Å². The van der Waals surface area contributed by atoms with Gasteiger partial charge in [-0.2, -0.15) is 0 Å². The van der Waals surface area contributed by atoms with E-state index in [1.807, 2.05) is 13.8 Å². The highest BCUT2D eigenvalue weighted by Crippen LogP contribution is 2.20. The highest BCUT2D eigenvalue weighted by molar-refractivity contribution is 7.92. The molecule has 0 aliphatic rings. The fraction of sp³-hybridized carbons (Fsp3) is 0.440. The number of hydrogen-bond acceptors (Lipinski definition) is 4. The van der Waals surface area contributed by atoms with Crippen molar-refractivity contribution in [1.29, 1.82) is 0 Å². The van der Waals surface area contributed by atoms with Crippen LogP contribution in [0.5, 0.6) is 0 Å². The fourth-order valence-corrected chi connectivity index (χ4v) is 4.54. The van der Waals surface area contributed by atoms with Gasteiger partial charge in [0.15, 0.2) is 0 Å². The molecule has 35 heavy (non-hydrogen) atoms. The Morgan fingerprint density at radius 2 is 1.66 bits per heavy atom. The molecule has 0 saturated heterocycles. The van der Waals surface area contributed by atoms with Gasteiger partial charge in [0.1, 0.15) is 11.9 Å². The Labute approximate surface area is 212 Å². The van der Waals surface area contributed by atoms with E-state index in [2.05, 4.69) is 5.32 Å². The van der Waals surface area contributed by atoms with Gasteiger partial charge >= 0.3 is 0 Å². The zero-order chi connectivity index (χ0) is 26.2. The van der Waals surface area contributed by atoms with Gasteiger partial charge in [-0.25, -0.2) is 12.8 Å². The van der Waals surface area contributed by atoms with Gasteiger partial charge in [0.2, 0.25) is 21.8 Å². The summed E-state index contributed by atoms with van der Waals surface area (Å²) >= 11 is 5.97. The third-order valence-electron chi connectivity index (χ3n) is 5.70. The third kappa shape index (κ3) is 8.81. The first-order valence-electron chi connectivity index (χ1n) is 11.5. The molecule has 0 aliphatic heterocycles. The summed E-state index contributed by atoms with van der Waals surface area (Å²) in [6.07, 6.45) is 2.07. The monoisotopic (exact) mass is 525 g/mol. The second-order valence-electron chi connectivity index (χ2n) is 8.56. The molecule has 2 amide bonds. The molecule has 0 radical (unpaired) electrons. The van der Waals surface area contributed by atoms with Gasteiger partial charge in [0.05, 0.1) is 11.9 Å². The highest BCUT2D eigenvalue weighted by Gasteiger charge is 2.27. The van der Waals surface area contributed by atoms with Crippen molar-refractivity contribution < 1.29 is 22.4 Å². The number of nitrogens with zero attached hydrogens (tertiary/aromatic N) is 2. The molecule has 0 saturated carbocycles. The van der Waals surface area contributed by atoms with Crippen molar-refractivity contribution in [2.45, 2.75) is 58.7 Å². The Kier molecular flexibility index (Phi) is 10.5. The molecular formula is C25H33ClFN3O4S. The first-order valence-corrected chi connectivity index (χ1v) is 13.7. The minimum atomic E-state index is -3.64. The zero-order valence-corrected chi connectivity index (χ0v) is 22.1. The summed E-state index contributed by atoms with van der Waals surface area (Å²) in [5.41, 5.74) is 1.13. The molecular weight excluding hydrogens is 493 g/mol. The molecule has 2 aromatic rings. The van der Waals surface area contributed by atoms with E-state index in [4.69, 9.17) is 11.6 Å². The first kappa shape index (κ1) is 28.6. The summed E-state index contributed by atoms with van der Waals surface area (Å²) in [6, 6.07) is 11.4. The van der Waals surface area contributed by atoms with Crippen LogP contribution in [0.4, 0.5) is 10.1 Å². The number of anilines is 1. The topological polar surface area (TPSA) is 86.8 Å². The summed E-state index contributed by atoms with van der Waals surface area (Å²) in [6.45, 7) is 5.77. The number of rotatable bonds is 12. The van der Waals surface area contributed by atoms with Crippen molar-refractivity contribution in [2.75, 3.05) is 17.1 Å². The average Bonchev–Trinajstić information content (AvgIpc) is 2.80. The maximum absolute atomic E-state index is 13.3. The molecule has 0 unspecified atom stereocenters. The molecule has 0 fully saturated rings. The number of carbonyl (C=O) groups is 2. The molecule has 2 rings (SSSR count).